The highest BCUT2D eigenvalue weighted by Crippen LogP contribution is 2.33. The lowest BCUT2D eigenvalue weighted by molar-refractivity contribution is -0.137. The Kier molecular flexibility index (Phi) is 6.35. The fraction of sp³-hybridized carbons (Fsp3) is 0.250. The summed E-state index contributed by atoms with van der Waals surface area (Å²) >= 11 is 0. The van der Waals surface area contributed by atoms with E-state index in [1.807, 2.05) is 0 Å². The van der Waals surface area contributed by atoms with Crippen LogP contribution in [0.25, 0.3) is 0 Å². The average Bonchev–Trinajstić information content (AvgIpc) is 2.66. The molecule has 0 heterocycles. The van der Waals surface area contributed by atoms with E-state index in [-0.39, 0.29) is 22.8 Å². The molecule has 0 atom stereocenters. The van der Waals surface area contributed by atoms with Crippen molar-refractivity contribution in [1.82, 2.24) is 5.32 Å². The summed E-state index contributed by atoms with van der Waals surface area (Å²) in [6.45, 7) is 3.14. The van der Waals surface area contributed by atoms with Crippen LogP contribution in [0.3, 0.4) is 0 Å². The molecular formula is C20H19F4N5O. The van der Waals surface area contributed by atoms with Crippen LogP contribution in [0.4, 0.5) is 28.9 Å². The van der Waals surface area contributed by atoms with E-state index in [9.17, 15) is 22.4 Å². The Morgan fingerprint density at radius 2 is 1.73 bits per heavy atom. The standard InChI is InChI=1S/C20H19F4N5O/c1-19(2,29-13-6-7-14(16(21)9-13)17(30)27-3)18(26)28-12-5-4-11(10-25)15(8-12)20(22,23)24/h4-9,29H,1-3H3,(H2,26,28)(H,27,30). The number of amidine groups is 1. The fourth-order valence-corrected chi connectivity index (χ4v) is 2.59. The van der Waals surface area contributed by atoms with Gasteiger partial charge in [-0.3, -0.25) is 10.2 Å². The van der Waals surface area contributed by atoms with Gasteiger partial charge in [-0.2, -0.15) is 18.4 Å². The number of nitrogens with one attached hydrogen (secondary N) is 4. The molecule has 0 saturated heterocycles. The summed E-state index contributed by atoms with van der Waals surface area (Å²) in [5, 5.41) is 24.9. The summed E-state index contributed by atoms with van der Waals surface area (Å²) < 4.78 is 53.5. The second-order valence-electron chi connectivity index (χ2n) is 6.89. The van der Waals surface area contributed by atoms with Crippen LogP contribution in [0.1, 0.15) is 35.3 Å². The number of carbonyl (C=O) groups is 1. The number of nitriles is 1. The molecular weight excluding hydrogens is 402 g/mol. The number of carbonyl (C=O) groups excluding carboxylic acids is 1. The van der Waals surface area contributed by atoms with Crippen LogP contribution in [0.5, 0.6) is 0 Å². The number of halogens is 4. The third-order valence-electron chi connectivity index (χ3n) is 4.24. The molecule has 2 aromatic rings. The van der Waals surface area contributed by atoms with Gasteiger partial charge in [0.05, 0.1) is 28.3 Å². The minimum Gasteiger partial charge on any atom is -0.373 e. The van der Waals surface area contributed by atoms with Crippen molar-refractivity contribution < 1.29 is 22.4 Å². The van der Waals surface area contributed by atoms with E-state index in [0.717, 1.165) is 18.2 Å². The van der Waals surface area contributed by atoms with Crippen LogP contribution in [0.15, 0.2) is 36.4 Å². The average molecular weight is 421 g/mol. The second kappa shape index (κ2) is 8.41. The maximum absolute atomic E-state index is 14.1. The third kappa shape index (κ3) is 5.05. The van der Waals surface area contributed by atoms with Crippen molar-refractivity contribution in [3.05, 3.63) is 58.9 Å². The number of amides is 1. The summed E-state index contributed by atoms with van der Waals surface area (Å²) in [7, 11) is 1.37. The van der Waals surface area contributed by atoms with E-state index in [1.54, 1.807) is 13.8 Å². The quantitative estimate of drug-likeness (QED) is 0.327. The van der Waals surface area contributed by atoms with Gasteiger partial charge >= 0.3 is 6.18 Å². The van der Waals surface area contributed by atoms with E-state index in [0.29, 0.717) is 0 Å². The number of rotatable bonds is 5. The van der Waals surface area contributed by atoms with E-state index in [2.05, 4.69) is 16.0 Å². The van der Waals surface area contributed by atoms with Gasteiger partial charge in [0.1, 0.15) is 11.7 Å². The van der Waals surface area contributed by atoms with Crippen molar-refractivity contribution in [2.24, 2.45) is 0 Å². The zero-order valence-electron chi connectivity index (χ0n) is 16.3. The minimum atomic E-state index is -4.72. The first-order valence-corrected chi connectivity index (χ1v) is 8.66. The molecule has 2 rings (SSSR count). The molecule has 0 aliphatic carbocycles. The molecule has 158 valence electrons. The Labute approximate surface area is 170 Å². The molecule has 4 N–H and O–H groups in total. The normalized spacial score (nSPS) is 11.4. The molecule has 0 aliphatic rings. The first-order valence-electron chi connectivity index (χ1n) is 8.66. The number of anilines is 2. The molecule has 1 amide bonds. The van der Waals surface area contributed by atoms with Crippen molar-refractivity contribution in [3.63, 3.8) is 0 Å². The first-order chi connectivity index (χ1) is 13.9. The van der Waals surface area contributed by atoms with E-state index in [4.69, 9.17) is 10.7 Å². The molecule has 0 saturated carbocycles. The summed E-state index contributed by atoms with van der Waals surface area (Å²) in [4.78, 5) is 11.6. The smallest absolute Gasteiger partial charge is 0.373 e. The molecule has 10 heteroatoms. The maximum atomic E-state index is 14.1. The maximum Gasteiger partial charge on any atom is 0.417 e. The van der Waals surface area contributed by atoms with Gasteiger partial charge in [0.15, 0.2) is 0 Å². The second-order valence-corrected chi connectivity index (χ2v) is 6.89. The Bertz CT molecular complexity index is 1020. The van der Waals surface area contributed by atoms with Gasteiger partial charge in [-0.25, -0.2) is 4.39 Å². The van der Waals surface area contributed by atoms with Gasteiger partial charge in [0, 0.05) is 18.4 Å². The summed E-state index contributed by atoms with van der Waals surface area (Å²) in [6.07, 6.45) is -4.72. The molecule has 0 spiro atoms. The van der Waals surface area contributed by atoms with Gasteiger partial charge in [0.2, 0.25) is 0 Å². The van der Waals surface area contributed by atoms with Crippen molar-refractivity contribution in [3.8, 4) is 6.07 Å². The molecule has 0 radical (unpaired) electrons. The van der Waals surface area contributed by atoms with E-state index < -0.39 is 34.6 Å². The van der Waals surface area contributed by atoms with Gasteiger partial charge in [0.25, 0.3) is 5.91 Å². The molecule has 0 aliphatic heterocycles. The monoisotopic (exact) mass is 421 g/mol. The first kappa shape index (κ1) is 22.7. The van der Waals surface area contributed by atoms with Crippen molar-refractivity contribution in [1.29, 1.82) is 10.7 Å². The molecule has 0 aromatic heterocycles. The number of nitrogens with zero attached hydrogens (tertiary/aromatic N) is 1. The fourth-order valence-electron chi connectivity index (χ4n) is 2.59. The lowest BCUT2D eigenvalue weighted by atomic mass is 10.0. The van der Waals surface area contributed by atoms with Gasteiger partial charge in [-0.1, -0.05) is 0 Å². The van der Waals surface area contributed by atoms with Gasteiger partial charge in [-0.15, -0.1) is 0 Å². The topological polar surface area (TPSA) is 101 Å². The van der Waals surface area contributed by atoms with Crippen LogP contribution in [0.2, 0.25) is 0 Å². The molecule has 6 nitrogen and oxygen atoms in total. The lowest BCUT2D eigenvalue weighted by Crippen LogP contribution is -2.43. The molecule has 0 unspecified atom stereocenters. The predicted octanol–water partition coefficient (Wildman–Crippen LogP) is 4.36. The van der Waals surface area contributed by atoms with Crippen LogP contribution in [-0.2, 0) is 6.18 Å². The minimum absolute atomic E-state index is 0.0256. The zero-order valence-corrected chi connectivity index (χ0v) is 16.3. The predicted molar refractivity (Wildman–Crippen MR) is 105 cm³/mol. The number of benzene rings is 2. The van der Waals surface area contributed by atoms with E-state index in [1.165, 1.54) is 31.3 Å². The lowest BCUT2D eigenvalue weighted by Gasteiger charge is -2.29. The molecule has 0 bridgehead atoms. The zero-order chi connectivity index (χ0) is 22.7. The Balaban J connectivity index is 2.22. The van der Waals surface area contributed by atoms with Crippen LogP contribution in [0, 0.1) is 22.6 Å². The highest BCUT2D eigenvalue weighted by molar-refractivity contribution is 6.01. The molecule has 2 aromatic carbocycles. The van der Waals surface area contributed by atoms with Crippen LogP contribution < -0.4 is 16.0 Å². The van der Waals surface area contributed by atoms with Gasteiger partial charge < -0.3 is 16.0 Å². The highest BCUT2D eigenvalue weighted by Gasteiger charge is 2.34. The highest BCUT2D eigenvalue weighted by atomic mass is 19.4. The third-order valence-corrected chi connectivity index (χ3v) is 4.24. The van der Waals surface area contributed by atoms with Crippen molar-refractivity contribution >= 4 is 23.1 Å². The van der Waals surface area contributed by atoms with Crippen molar-refractivity contribution in [2.75, 3.05) is 17.7 Å². The number of hydrogen-bond acceptors (Lipinski definition) is 4. The summed E-state index contributed by atoms with van der Waals surface area (Å²) in [5.41, 5.74) is -2.67. The SMILES string of the molecule is CNC(=O)c1ccc(NC(C)(C)C(=N)Nc2ccc(C#N)c(C(F)(F)F)c2)cc1F. The molecule has 0 fully saturated rings. The molecule has 30 heavy (non-hydrogen) atoms. The van der Waals surface area contributed by atoms with Crippen LogP contribution in [-0.4, -0.2) is 24.3 Å². The number of hydrogen-bond donors (Lipinski definition) is 4. The largest absolute Gasteiger partial charge is 0.417 e. The van der Waals surface area contributed by atoms with Crippen LogP contribution >= 0.6 is 0 Å². The van der Waals surface area contributed by atoms with E-state index >= 15 is 0 Å². The van der Waals surface area contributed by atoms with Gasteiger partial charge in [-0.05, 0) is 50.2 Å². The number of alkyl halides is 3. The Morgan fingerprint density at radius 3 is 2.27 bits per heavy atom. The Hall–Kier alpha value is -3.61. The van der Waals surface area contributed by atoms with Crippen molar-refractivity contribution in [2.45, 2.75) is 25.6 Å². The summed E-state index contributed by atoms with van der Waals surface area (Å²) in [6, 6.07) is 8.33. The summed E-state index contributed by atoms with van der Waals surface area (Å²) in [5.74, 6) is -1.55. The Morgan fingerprint density at radius 1 is 1.10 bits per heavy atom.